The molecular formula is C12H9BrN2O2S. The van der Waals surface area contributed by atoms with Gasteiger partial charge in [0.1, 0.15) is 0 Å². The first-order valence-electron chi connectivity index (χ1n) is 5.09. The molecule has 1 aromatic carbocycles. The number of aromatic nitrogens is 1. The Hall–Kier alpha value is -1.53. The molecule has 0 fully saturated rings. The predicted molar refractivity (Wildman–Crippen MR) is 74.3 cm³/mol. The van der Waals surface area contributed by atoms with E-state index in [4.69, 9.17) is 0 Å². The summed E-state index contributed by atoms with van der Waals surface area (Å²) in [5, 5.41) is 3.04. The van der Waals surface area contributed by atoms with Gasteiger partial charge in [-0.2, -0.15) is 0 Å². The fourth-order valence-corrected chi connectivity index (χ4v) is 2.36. The summed E-state index contributed by atoms with van der Waals surface area (Å²) >= 11 is 4.46. The molecule has 92 valence electrons. The Kier molecular flexibility index (Phi) is 3.88. The maximum atomic E-state index is 11.9. The Morgan fingerprint density at radius 2 is 2.28 bits per heavy atom. The van der Waals surface area contributed by atoms with Gasteiger partial charge >= 0.3 is 0 Å². The monoisotopic (exact) mass is 324 g/mol. The highest BCUT2D eigenvalue weighted by Gasteiger charge is 2.12. The maximum absolute atomic E-state index is 11.9. The molecule has 0 unspecified atom stereocenters. The summed E-state index contributed by atoms with van der Waals surface area (Å²) in [6.45, 7) is 1.90. The van der Waals surface area contributed by atoms with Gasteiger partial charge in [-0.1, -0.05) is 22.0 Å². The van der Waals surface area contributed by atoms with Crippen molar-refractivity contribution in [3.05, 3.63) is 44.3 Å². The molecule has 0 aliphatic rings. The topological polar surface area (TPSA) is 59.1 Å². The van der Waals surface area contributed by atoms with Gasteiger partial charge in [0.05, 0.1) is 4.88 Å². The average molecular weight is 325 g/mol. The van der Waals surface area contributed by atoms with Gasteiger partial charge in [-0.25, -0.2) is 4.98 Å². The van der Waals surface area contributed by atoms with Crippen molar-refractivity contribution < 1.29 is 9.59 Å². The molecule has 0 aliphatic carbocycles. The van der Waals surface area contributed by atoms with Gasteiger partial charge in [-0.3, -0.25) is 9.59 Å². The molecule has 0 saturated heterocycles. The summed E-state index contributed by atoms with van der Waals surface area (Å²) in [5.41, 5.74) is 1.66. The van der Waals surface area contributed by atoms with Gasteiger partial charge in [-0.05, 0) is 24.6 Å². The third-order valence-corrected chi connectivity index (χ3v) is 4.13. The van der Waals surface area contributed by atoms with E-state index in [9.17, 15) is 9.59 Å². The van der Waals surface area contributed by atoms with Crippen LogP contribution in [0, 0.1) is 6.92 Å². The first kappa shape index (κ1) is 12.9. The molecular weight excluding hydrogens is 316 g/mol. The molecule has 0 bridgehead atoms. The van der Waals surface area contributed by atoms with Crippen LogP contribution in [0.2, 0.25) is 0 Å². The zero-order valence-corrected chi connectivity index (χ0v) is 11.8. The van der Waals surface area contributed by atoms with Crippen molar-refractivity contribution in [1.29, 1.82) is 0 Å². The zero-order valence-electron chi connectivity index (χ0n) is 9.44. The number of aldehydes is 1. The second-order valence-electron chi connectivity index (χ2n) is 3.55. The number of nitrogens with one attached hydrogen (secondary N) is 1. The van der Waals surface area contributed by atoms with E-state index in [2.05, 4.69) is 26.2 Å². The number of anilines is 1. The summed E-state index contributed by atoms with van der Waals surface area (Å²) in [6.07, 6.45) is 2.07. The molecule has 6 heteroatoms. The number of rotatable bonds is 3. The van der Waals surface area contributed by atoms with Gasteiger partial charge in [0.15, 0.2) is 11.3 Å². The van der Waals surface area contributed by atoms with E-state index in [-0.39, 0.29) is 10.9 Å². The minimum absolute atomic E-state index is 0.275. The van der Waals surface area contributed by atoms with Gasteiger partial charge in [0, 0.05) is 16.4 Å². The highest BCUT2D eigenvalue weighted by molar-refractivity contribution is 9.10. The summed E-state index contributed by atoms with van der Waals surface area (Å²) in [6, 6.07) is 5.55. The Morgan fingerprint density at radius 1 is 1.50 bits per heavy atom. The number of hydrogen-bond donors (Lipinski definition) is 1. The smallest absolute Gasteiger partial charge is 0.284 e. The number of halogens is 1. The first-order valence-corrected chi connectivity index (χ1v) is 6.70. The van der Waals surface area contributed by atoms with Gasteiger partial charge < -0.3 is 5.32 Å². The quantitative estimate of drug-likeness (QED) is 0.881. The molecule has 0 radical (unpaired) electrons. The lowest BCUT2D eigenvalue weighted by atomic mass is 10.2. The highest BCUT2D eigenvalue weighted by Crippen LogP contribution is 2.24. The second kappa shape index (κ2) is 5.41. The third-order valence-electron chi connectivity index (χ3n) is 2.35. The zero-order chi connectivity index (χ0) is 13.1. The van der Waals surface area contributed by atoms with E-state index in [1.54, 1.807) is 0 Å². The predicted octanol–water partition coefficient (Wildman–Crippen LogP) is 3.28. The molecule has 4 nitrogen and oxygen atoms in total. The first-order chi connectivity index (χ1) is 8.61. The molecule has 2 aromatic rings. The summed E-state index contributed by atoms with van der Waals surface area (Å²) < 4.78 is 0.924. The van der Waals surface area contributed by atoms with Crippen LogP contribution in [0.25, 0.3) is 0 Å². The molecule has 0 saturated carbocycles. The number of benzene rings is 1. The van der Waals surface area contributed by atoms with Crippen LogP contribution in [-0.2, 0) is 0 Å². The molecule has 0 aliphatic heterocycles. The lowest BCUT2D eigenvalue weighted by Crippen LogP contribution is -2.12. The molecule has 1 heterocycles. The van der Waals surface area contributed by atoms with Crippen molar-refractivity contribution in [3.8, 4) is 0 Å². The van der Waals surface area contributed by atoms with E-state index in [0.717, 1.165) is 27.1 Å². The molecule has 0 atom stereocenters. The Balaban J connectivity index is 2.21. The molecule has 1 N–H and O–H groups in total. The summed E-state index contributed by atoms with van der Waals surface area (Å²) in [4.78, 5) is 26.8. The number of carbonyl (C=O) groups excluding carboxylic acids is 2. The second-order valence-corrected chi connectivity index (χ2v) is 5.47. The van der Waals surface area contributed by atoms with Crippen molar-refractivity contribution in [3.63, 3.8) is 0 Å². The average Bonchev–Trinajstić information content (AvgIpc) is 2.83. The molecule has 2 rings (SSSR count). The van der Waals surface area contributed by atoms with Crippen LogP contribution in [0.4, 0.5) is 5.69 Å². The lowest BCUT2D eigenvalue weighted by Gasteiger charge is -2.07. The minimum atomic E-state index is -0.311. The van der Waals surface area contributed by atoms with E-state index in [0.29, 0.717) is 11.2 Å². The van der Waals surface area contributed by atoms with Gasteiger partial charge in [0.2, 0.25) is 0 Å². The summed E-state index contributed by atoms with van der Waals surface area (Å²) in [5.74, 6) is -0.311. The minimum Gasteiger partial charge on any atom is -0.320 e. The van der Waals surface area contributed by atoms with Crippen molar-refractivity contribution in [2.24, 2.45) is 0 Å². The molecule has 18 heavy (non-hydrogen) atoms. The number of nitrogens with zero attached hydrogens (tertiary/aromatic N) is 1. The molecule has 1 amide bonds. The summed E-state index contributed by atoms with van der Waals surface area (Å²) in [7, 11) is 0. The Morgan fingerprint density at radius 3 is 2.94 bits per heavy atom. The van der Waals surface area contributed by atoms with Gasteiger partial charge in [0.25, 0.3) is 5.91 Å². The van der Waals surface area contributed by atoms with Crippen molar-refractivity contribution >= 4 is 45.1 Å². The number of hydrogen-bond acceptors (Lipinski definition) is 4. The Labute approximate surface area is 116 Å². The largest absolute Gasteiger partial charge is 0.320 e. The van der Waals surface area contributed by atoms with E-state index in [1.165, 1.54) is 6.20 Å². The van der Waals surface area contributed by atoms with Crippen molar-refractivity contribution in [2.75, 3.05) is 5.32 Å². The lowest BCUT2D eigenvalue weighted by molar-refractivity contribution is 0.102. The van der Waals surface area contributed by atoms with Gasteiger partial charge in [-0.15, -0.1) is 11.3 Å². The highest BCUT2D eigenvalue weighted by atomic mass is 79.9. The fraction of sp³-hybridized carbons (Fsp3) is 0.0833. The van der Waals surface area contributed by atoms with Crippen LogP contribution in [-0.4, -0.2) is 17.2 Å². The fourth-order valence-electron chi connectivity index (χ4n) is 1.36. The van der Waals surface area contributed by atoms with E-state index < -0.39 is 0 Å². The van der Waals surface area contributed by atoms with E-state index >= 15 is 0 Å². The third kappa shape index (κ3) is 2.65. The molecule has 1 aromatic heterocycles. The number of thiazole rings is 1. The van der Waals surface area contributed by atoms with Crippen LogP contribution >= 0.6 is 27.3 Å². The van der Waals surface area contributed by atoms with Crippen molar-refractivity contribution in [1.82, 2.24) is 4.98 Å². The normalized spacial score (nSPS) is 10.1. The van der Waals surface area contributed by atoms with E-state index in [1.807, 2.05) is 25.1 Å². The van der Waals surface area contributed by atoms with Crippen molar-refractivity contribution in [2.45, 2.75) is 6.92 Å². The van der Waals surface area contributed by atoms with Crippen LogP contribution in [0.15, 0.2) is 28.9 Å². The Bertz CT molecular complexity index is 610. The number of amides is 1. The maximum Gasteiger partial charge on any atom is 0.284 e. The standard InChI is InChI=1S/C12H9BrN2O2S/c1-7-9(13)3-2-4-10(7)15-11(17)12-14-5-8(6-16)18-12/h2-6H,1H3,(H,15,17). The van der Waals surface area contributed by atoms with Crippen LogP contribution < -0.4 is 5.32 Å². The van der Waals surface area contributed by atoms with Crippen LogP contribution in [0.3, 0.4) is 0 Å². The van der Waals surface area contributed by atoms with Crippen LogP contribution in [0.1, 0.15) is 25.0 Å². The SMILES string of the molecule is Cc1c(Br)cccc1NC(=O)c1ncc(C=O)s1. The number of carbonyl (C=O) groups is 2. The molecule has 0 spiro atoms. The van der Waals surface area contributed by atoms with Crippen LogP contribution in [0.5, 0.6) is 0 Å².